The number of fused-ring (bicyclic) bond motifs is 1. The van der Waals surface area contributed by atoms with Crippen LogP contribution in [0.3, 0.4) is 0 Å². The minimum atomic E-state index is -0.201. The van der Waals surface area contributed by atoms with Crippen LogP contribution < -0.4 is 5.32 Å². The largest absolute Gasteiger partial charge is 0.321 e. The van der Waals surface area contributed by atoms with Crippen LogP contribution in [0.2, 0.25) is 0 Å². The third-order valence-electron chi connectivity index (χ3n) is 4.15. The normalized spacial score (nSPS) is 10.8. The van der Waals surface area contributed by atoms with Crippen molar-refractivity contribution >= 4 is 22.6 Å². The summed E-state index contributed by atoms with van der Waals surface area (Å²) in [6.45, 7) is 2.70. The van der Waals surface area contributed by atoms with Crippen LogP contribution in [0.5, 0.6) is 0 Å². The molecular weight excluding hydrogens is 326 g/mol. The number of aromatic nitrogens is 4. The lowest BCUT2D eigenvalue weighted by molar-refractivity contribution is 0.102. The highest BCUT2D eigenvalue weighted by Crippen LogP contribution is 2.16. The van der Waals surface area contributed by atoms with Crippen molar-refractivity contribution in [2.75, 3.05) is 5.32 Å². The molecule has 0 saturated heterocycles. The molecule has 6 heteroatoms. The van der Waals surface area contributed by atoms with Crippen molar-refractivity contribution in [1.82, 2.24) is 20.0 Å². The number of benzene rings is 2. The molecule has 0 spiro atoms. The van der Waals surface area contributed by atoms with Gasteiger partial charge in [0.25, 0.3) is 5.91 Å². The van der Waals surface area contributed by atoms with Gasteiger partial charge in [0.15, 0.2) is 0 Å². The Morgan fingerprint density at radius 3 is 2.73 bits per heavy atom. The van der Waals surface area contributed by atoms with Crippen molar-refractivity contribution < 1.29 is 4.79 Å². The number of nitrogens with one attached hydrogen (secondary N) is 1. The summed E-state index contributed by atoms with van der Waals surface area (Å²) in [5, 5.41) is 11.2. The van der Waals surface area contributed by atoms with E-state index in [4.69, 9.17) is 0 Å². The van der Waals surface area contributed by atoms with E-state index < -0.39 is 0 Å². The summed E-state index contributed by atoms with van der Waals surface area (Å²) in [6.07, 6.45) is 3.27. The van der Waals surface area contributed by atoms with Gasteiger partial charge >= 0.3 is 0 Å². The van der Waals surface area contributed by atoms with Crippen LogP contribution in [-0.4, -0.2) is 25.9 Å². The van der Waals surface area contributed by atoms with E-state index in [-0.39, 0.29) is 5.91 Å². The molecule has 1 N–H and O–H groups in total. The third-order valence-corrected chi connectivity index (χ3v) is 4.15. The molecule has 0 radical (unpaired) electrons. The van der Waals surface area contributed by atoms with Crippen LogP contribution in [-0.2, 0) is 6.54 Å². The van der Waals surface area contributed by atoms with Crippen molar-refractivity contribution in [2.45, 2.75) is 13.5 Å². The summed E-state index contributed by atoms with van der Waals surface area (Å²) in [6, 6.07) is 17.3. The Labute approximate surface area is 150 Å². The number of aryl methyl sites for hydroxylation is 1. The Bertz CT molecular complexity index is 1050. The first-order valence-electron chi connectivity index (χ1n) is 8.29. The van der Waals surface area contributed by atoms with Gasteiger partial charge in [-0.05, 0) is 42.8 Å². The van der Waals surface area contributed by atoms with E-state index in [0.29, 0.717) is 23.3 Å². The summed E-state index contributed by atoms with van der Waals surface area (Å²) < 4.78 is 1.84. The van der Waals surface area contributed by atoms with Crippen molar-refractivity contribution in [3.63, 3.8) is 0 Å². The maximum atomic E-state index is 12.4. The minimum absolute atomic E-state index is 0.201. The first-order chi connectivity index (χ1) is 12.7. The SMILES string of the molecule is Cc1ccc(Cn2nnc3cc(C(=O)Nc4cccnc4)ccc32)cc1. The van der Waals surface area contributed by atoms with Gasteiger partial charge in [-0.25, -0.2) is 4.68 Å². The van der Waals surface area contributed by atoms with Crippen molar-refractivity contribution in [3.05, 3.63) is 83.7 Å². The zero-order valence-electron chi connectivity index (χ0n) is 14.3. The molecule has 0 unspecified atom stereocenters. The average Bonchev–Trinajstić information content (AvgIpc) is 3.06. The van der Waals surface area contributed by atoms with E-state index in [0.717, 1.165) is 11.1 Å². The first kappa shape index (κ1) is 16.0. The highest BCUT2D eigenvalue weighted by molar-refractivity contribution is 6.05. The number of anilines is 1. The Morgan fingerprint density at radius 1 is 1.12 bits per heavy atom. The fourth-order valence-electron chi connectivity index (χ4n) is 2.74. The topological polar surface area (TPSA) is 72.7 Å². The van der Waals surface area contributed by atoms with Gasteiger partial charge in [0.2, 0.25) is 0 Å². The van der Waals surface area contributed by atoms with Gasteiger partial charge in [-0.2, -0.15) is 0 Å². The summed E-state index contributed by atoms with van der Waals surface area (Å²) in [5.41, 5.74) is 5.14. The second-order valence-corrected chi connectivity index (χ2v) is 6.13. The molecule has 2 aromatic carbocycles. The number of rotatable bonds is 4. The fourth-order valence-corrected chi connectivity index (χ4v) is 2.74. The molecule has 0 saturated carbocycles. The maximum absolute atomic E-state index is 12.4. The van der Waals surface area contributed by atoms with Gasteiger partial charge in [-0.15, -0.1) is 5.10 Å². The monoisotopic (exact) mass is 343 g/mol. The molecule has 0 aliphatic rings. The molecule has 6 nitrogen and oxygen atoms in total. The lowest BCUT2D eigenvalue weighted by Crippen LogP contribution is -2.11. The Hall–Kier alpha value is -3.54. The molecule has 0 atom stereocenters. The molecule has 4 rings (SSSR count). The van der Waals surface area contributed by atoms with Gasteiger partial charge in [0.1, 0.15) is 5.52 Å². The van der Waals surface area contributed by atoms with E-state index in [9.17, 15) is 4.79 Å². The molecule has 26 heavy (non-hydrogen) atoms. The number of carbonyl (C=O) groups is 1. The van der Waals surface area contributed by atoms with Gasteiger partial charge in [-0.3, -0.25) is 9.78 Å². The zero-order chi connectivity index (χ0) is 17.9. The van der Waals surface area contributed by atoms with Gasteiger partial charge in [0.05, 0.1) is 23.9 Å². The van der Waals surface area contributed by atoms with E-state index >= 15 is 0 Å². The first-order valence-corrected chi connectivity index (χ1v) is 8.29. The second-order valence-electron chi connectivity index (χ2n) is 6.13. The van der Waals surface area contributed by atoms with Crippen LogP contribution in [0.15, 0.2) is 67.0 Å². The fraction of sp³-hybridized carbons (Fsp3) is 0.100. The predicted octanol–water partition coefficient (Wildman–Crippen LogP) is 3.44. The number of hydrogen-bond donors (Lipinski definition) is 1. The van der Waals surface area contributed by atoms with Crippen LogP contribution in [0.25, 0.3) is 11.0 Å². The molecular formula is C20H17N5O. The zero-order valence-corrected chi connectivity index (χ0v) is 14.3. The molecule has 4 aromatic rings. The highest BCUT2D eigenvalue weighted by atomic mass is 16.1. The van der Waals surface area contributed by atoms with E-state index in [1.165, 1.54) is 5.56 Å². The number of nitrogens with zero attached hydrogens (tertiary/aromatic N) is 4. The van der Waals surface area contributed by atoms with Gasteiger partial charge < -0.3 is 5.32 Å². The molecule has 0 fully saturated rings. The van der Waals surface area contributed by atoms with Crippen LogP contribution in [0.1, 0.15) is 21.5 Å². The van der Waals surface area contributed by atoms with Crippen LogP contribution >= 0.6 is 0 Å². The average molecular weight is 343 g/mol. The summed E-state index contributed by atoms with van der Waals surface area (Å²) in [4.78, 5) is 16.4. The quantitative estimate of drug-likeness (QED) is 0.616. The lowest BCUT2D eigenvalue weighted by atomic mass is 10.1. The van der Waals surface area contributed by atoms with Crippen molar-refractivity contribution in [2.24, 2.45) is 0 Å². The number of pyridine rings is 1. The Morgan fingerprint density at radius 2 is 1.96 bits per heavy atom. The standard InChI is InChI=1S/C20H17N5O/c1-14-4-6-15(7-5-14)13-25-19-9-8-16(11-18(19)23-24-25)20(26)22-17-3-2-10-21-12-17/h2-12H,13H2,1H3,(H,22,26). The molecule has 2 aromatic heterocycles. The third kappa shape index (κ3) is 3.30. The predicted molar refractivity (Wildman–Crippen MR) is 100.0 cm³/mol. The summed E-state index contributed by atoms with van der Waals surface area (Å²) in [5.74, 6) is -0.201. The van der Waals surface area contributed by atoms with E-state index in [2.05, 4.69) is 51.8 Å². The highest BCUT2D eigenvalue weighted by Gasteiger charge is 2.11. The summed E-state index contributed by atoms with van der Waals surface area (Å²) >= 11 is 0. The Kier molecular flexibility index (Phi) is 4.15. The molecule has 0 aliphatic carbocycles. The minimum Gasteiger partial charge on any atom is -0.321 e. The maximum Gasteiger partial charge on any atom is 0.255 e. The second kappa shape index (κ2) is 6.76. The van der Waals surface area contributed by atoms with Crippen molar-refractivity contribution in [3.8, 4) is 0 Å². The summed E-state index contributed by atoms with van der Waals surface area (Å²) in [7, 11) is 0. The molecule has 1 amide bonds. The number of hydrogen-bond acceptors (Lipinski definition) is 4. The van der Waals surface area contributed by atoms with Gasteiger partial charge in [0, 0.05) is 11.8 Å². The molecule has 128 valence electrons. The van der Waals surface area contributed by atoms with Crippen LogP contribution in [0.4, 0.5) is 5.69 Å². The molecule has 0 aliphatic heterocycles. The van der Waals surface area contributed by atoms with Crippen LogP contribution in [0, 0.1) is 6.92 Å². The molecule has 2 heterocycles. The Balaban J connectivity index is 1.57. The number of amides is 1. The van der Waals surface area contributed by atoms with Gasteiger partial charge in [-0.1, -0.05) is 35.0 Å². The smallest absolute Gasteiger partial charge is 0.255 e. The molecule has 0 bridgehead atoms. The van der Waals surface area contributed by atoms with E-state index in [1.807, 2.05) is 10.7 Å². The lowest BCUT2D eigenvalue weighted by Gasteiger charge is -2.05. The van der Waals surface area contributed by atoms with E-state index in [1.54, 1.807) is 36.7 Å². The van der Waals surface area contributed by atoms with Crippen molar-refractivity contribution in [1.29, 1.82) is 0 Å². The number of carbonyl (C=O) groups excluding carboxylic acids is 1.